The second-order valence-corrected chi connectivity index (χ2v) is 11.1. The molecule has 0 aliphatic heterocycles. The minimum Gasteiger partial charge on any atom is -0.710 e. The molecule has 0 bridgehead atoms. The molecule has 212 valence electrons. The second-order valence-electron chi connectivity index (χ2n) is 11.1. The number of imidazole rings is 1. The van der Waals surface area contributed by atoms with E-state index < -0.39 is 17.7 Å². The van der Waals surface area contributed by atoms with E-state index in [1.54, 1.807) is 13.0 Å². The molecule has 0 saturated heterocycles. The smallest absolute Gasteiger partial charge is 0.300 e. The standard InChI is InChI=1S/C35H31F2N3O2/c1-21-9-7-10-22(2)31(21)26-17-25(24-11-5-4-6-12-24)18-27(19-26)33-38-23(3)32(40(33)42)34(41)39-30-14-8-13-29(20-30)35(36,37)28-15-16-28/h4-14,17-20,28,38H,15-16H2,1-3H3,(H,39,41). The maximum Gasteiger partial charge on any atom is 0.300 e. The third-order valence-corrected chi connectivity index (χ3v) is 7.96. The first-order valence-electron chi connectivity index (χ1n) is 14.0. The number of hydrogen-bond donors (Lipinski definition) is 2. The molecular weight excluding hydrogens is 532 g/mol. The van der Waals surface area contributed by atoms with Gasteiger partial charge in [-0.3, -0.25) is 4.79 Å². The molecule has 7 heteroatoms. The van der Waals surface area contributed by atoms with Gasteiger partial charge in [0.2, 0.25) is 5.69 Å². The van der Waals surface area contributed by atoms with Crippen LogP contribution in [0.3, 0.4) is 0 Å². The zero-order valence-corrected chi connectivity index (χ0v) is 23.7. The molecular formula is C35H31F2N3O2. The van der Waals surface area contributed by atoms with Gasteiger partial charge in [-0.1, -0.05) is 60.7 Å². The van der Waals surface area contributed by atoms with Crippen molar-refractivity contribution < 1.29 is 18.3 Å². The summed E-state index contributed by atoms with van der Waals surface area (Å²) in [7, 11) is 0. The highest BCUT2D eigenvalue weighted by Gasteiger charge is 2.48. The zero-order chi connectivity index (χ0) is 29.6. The van der Waals surface area contributed by atoms with Gasteiger partial charge in [-0.15, -0.1) is 0 Å². The van der Waals surface area contributed by atoms with Crippen LogP contribution in [0.15, 0.2) is 91.0 Å². The minimum atomic E-state index is -2.95. The molecule has 1 fully saturated rings. The van der Waals surface area contributed by atoms with Crippen LogP contribution in [0, 0.1) is 31.9 Å². The van der Waals surface area contributed by atoms with Crippen molar-refractivity contribution >= 4 is 11.6 Å². The number of aromatic nitrogens is 2. The first-order valence-corrected chi connectivity index (χ1v) is 14.0. The Morgan fingerprint density at radius 1 is 0.833 bits per heavy atom. The number of aryl methyl sites for hydroxylation is 3. The average Bonchev–Trinajstić information content (AvgIpc) is 3.79. The quantitative estimate of drug-likeness (QED) is 0.154. The zero-order valence-electron chi connectivity index (χ0n) is 23.7. The lowest BCUT2D eigenvalue weighted by Crippen LogP contribution is -2.36. The summed E-state index contributed by atoms with van der Waals surface area (Å²) in [5.74, 6) is -4.07. The summed E-state index contributed by atoms with van der Waals surface area (Å²) in [6, 6.07) is 27.7. The fourth-order valence-corrected chi connectivity index (χ4v) is 5.66. The van der Waals surface area contributed by atoms with Crippen molar-refractivity contribution in [2.24, 2.45) is 5.92 Å². The molecule has 1 aliphatic rings. The molecule has 1 aromatic heterocycles. The molecule has 0 spiro atoms. The van der Waals surface area contributed by atoms with Gasteiger partial charge >= 0.3 is 0 Å². The predicted molar refractivity (Wildman–Crippen MR) is 161 cm³/mol. The normalized spacial score (nSPS) is 13.3. The van der Waals surface area contributed by atoms with E-state index in [9.17, 15) is 18.8 Å². The number of anilines is 1. The van der Waals surface area contributed by atoms with E-state index >= 15 is 0 Å². The number of carbonyl (C=O) groups excluding carboxylic acids is 1. The number of rotatable bonds is 7. The molecule has 1 saturated carbocycles. The van der Waals surface area contributed by atoms with E-state index in [0.717, 1.165) is 33.4 Å². The summed E-state index contributed by atoms with van der Waals surface area (Å²) in [5, 5.41) is 16.3. The maximum absolute atomic E-state index is 14.7. The number of H-pyrrole nitrogens is 1. The molecule has 0 atom stereocenters. The highest BCUT2D eigenvalue weighted by Crippen LogP contribution is 2.50. The number of hydrogen-bond acceptors (Lipinski definition) is 2. The van der Waals surface area contributed by atoms with Crippen LogP contribution >= 0.6 is 0 Å². The second kappa shape index (κ2) is 10.6. The van der Waals surface area contributed by atoms with Gasteiger partial charge in [0.25, 0.3) is 17.7 Å². The number of amides is 1. The molecule has 0 unspecified atom stereocenters. The Labute approximate surface area is 243 Å². The van der Waals surface area contributed by atoms with Gasteiger partial charge in [0.1, 0.15) is 0 Å². The molecule has 1 heterocycles. The minimum absolute atomic E-state index is 0.122. The molecule has 6 rings (SSSR count). The van der Waals surface area contributed by atoms with Crippen molar-refractivity contribution in [2.45, 2.75) is 39.5 Å². The van der Waals surface area contributed by atoms with Gasteiger partial charge in [-0.25, -0.2) is 18.5 Å². The third-order valence-electron chi connectivity index (χ3n) is 7.96. The van der Waals surface area contributed by atoms with Crippen molar-refractivity contribution in [3.05, 3.63) is 124 Å². The van der Waals surface area contributed by atoms with E-state index in [4.69, 9.17) is 0 Å². The van der Waals surface area contributed by atoms with E-state index in [1.807, 2.05) is 48.5 Å². The van der Waals surface area contributed by atoms with Crippen molar-refractivity contribution in [3.8, 4) is 33.6 Å². The van der Waals surface area contributed by atoms with Crippen molar-refractivity contribution in [3.63, 3.8) is 0 Å². The SMILES string of the molecule is Cc1cccc(C)c1-c1cc(-c2ccccc2)cc(-c2[nH]c(C)c(C(=O)Nc3cccc(C(F)(F)C4CC4)c3)[n+]2[O-])c1. The van der Waals surface area contributed by atoms with Gasteiger partial charge in [0.05, 0.1) is 5.56 Å². The largest absolute Gasteiger partial charge is 0.710 e. The lowest BCUT2D eigenvalue weighted by atomic mass is 9.91. The van der Waals surface area contributed by atoms with Crippen LogP contribution in [-0.4, -0.2) is 10.9 Å². The molecule has 42 heavy (non-hydrogen) atoms. The Morgan fingerprint density at radius 3 is 2.17 bits per heavy atom. The fourth-order valence-electron chi connectivity index (χ4n) is 5.66. The summed E-state index contributed by atoms with van der Waals surface area (Å²) in [5.41, 5.74) is 7.12. The Balaban J connectivity index is 1.40. The Hall–Kier alpha value is -4.78. The highest BCUT2D eigenvalue weighted by molar-refractivity contribution is 6.03. The molecule has 1 aliphatic carbocycles. The predicted octanol–water partition coefficient (Wildman–Crippen LogP) is 8.33. The van der Waals surface area contributed by atoms with E-state index in [0.29, 0.717) is 28.8 Å². The monoisotopic (exact) mass is 563 g/mol. The molecule has 5 nitrogen and oxygen atoms in total. The topological polar surface area (TPSA) is 71.8 Å². The Bertz CT molecular complexity index is 1790. The summed E-state index contributed by atoms with van der Waals surface area (Å²) in [6.45, 7) is 5.77. The molecule has 1 amide bonds. The molecule has 5 aromatic rings. The Morgan fingerprint density at radius 2 is 1.48 bits per heavy atom. The average molecular weight is 564 g/mol. The van der Waals surface area contributed by atoms with Crippen molar-refractivity contribution in [2.75, 3.05) is 5.32 Å². The first-order chi connectivity index (χ1) is 20.1. The van der Waals surface area contributed by atoms with Crippen LogP contribution in [0.4, 0.5) is 14.5 Å². The van der Waals surface area contributed by atoms with E-state index in [2.05, 4.69) is 42.3 Å². The third kappa shape index (κ3) is 5.07. The molecule has 2 N–H and O–H groups in total. The highest BCUT2D eigenvalue weighted by atomic mass is 19.3. The first kappa shape index (κ1) is 27.4. The maximum atomic E-state index is 14.7. The van der Waals surface area contributed by atoms with Gasteiger partial charge in [0, 0.05) is 24.1 Å². The number of carbonyl (C=O) groups is 1. The van der Waals surface area contributed by atoms with Crippen LogP contribution in [-0.2, 0) is 5.92 Å². The van der Waals surface area contributed by atoms with Gasteiger partial charge < -0.3 is 10.5 Å². The fraction of sp³-hybridized carbons (Fsp3) is 0.200. The van der Waals surface area contributed by atoms with Crippen LogP contribution in [0.5, 0.6) is 0 Å². The lowest BCUT2D eigenvalue weighted by Gasteiger charge is -2.17. The van der Waals surface area contributed by atoms with Gasteiger partial charge in [-0.05, 0) is 90.4 Å². The van der Waals surface area contributed by atoms with Crippen molar-refractivity contribution in [1.29, 1.82) is 0 Å². The summed E-state index contributed by atoms with van der Waals surface area (Å²) < 4.78 is 30.0. The van der Waals surface area contributed by atoms with Gasteiger partial charge in [-0.2, -0.15) is 0 Å². The van der Waals surface area contributed by atoms with Crippen LogP contribution in [0.25, 0.3) is 33.6 Å². The lowest BCUT2D eigenvalue weighted by molar-refractivity contribution is -0.594. The molecule has 0 radical (unpaired) electrons. The summed E-state index contributed by atoms with van der Waals surface area (Å²) in [4.78, 5) is 16.4. The van der Waals surface area contributed by atoms with Gasteiger partial charge in [0.15, 0.2) is 5.69 Å². The van der Waals surface area contributed by atoms with Crippen molar-refractivity contribution in [1.82, 2.24) is 4.98 Å². The summed E-state index contributed by atoms with van der Waals surface area (Å²) >= 11 is 0. The Kier molecular flexibility index (Phi) is 6.89. The number of nitrogens with zero attached hydrogens (tertiary/aromatic N) is 1. The van der Waals surface area contributed by atoms with Crippen LogP contribution in [0.2, 0.25) is 0 Å². The number of nitrogens with one attached hydrogen (secondary N) is 2. The number of halogens is 2. The van der Waals surface area contributed by atoms with Crippen LogP contribution in [0.1, 0.15) is 45.7 Å². The number of aromatic amines is 1. The number of alkyl halides is 2. The summed E-state index contributed by atoms with van der Waals surface area (Å²) in [6.07, 6.45) is 0.976. The molecule has 4 aromatic carbocycles. The van der Waals surface area contributed by atoms with E-state index in [-0.39, 0.29) is 22.8 Å². The number of benzene rings is 4. The van der Waals surface area contributed by atoms with Crippen LogP contribution < -0.4 is 10.0 Å². The van der Waals surface area contributed by atoms with E-state index in [1.165, 1.54) is 18.2 Å².